The minimum atomic E-state index is -0.386. The predicted octanol–water partition coefficient (Wildman–Crippen LogP) is 1.32. The fourth-order valence-corrected chi connectivity index (χ4v) is 4.36. The van der Waals surface area contributed by atoms with Crippen LogP contribution in [0.2, 0.25) is 0 Å². The van der Waals surface area contributed by atoms with E-state index < -0.39 is 0 Å². The van der Waals surface area contributed by atoms with Gasteiger partial charge >= 0.3 is 0 Å². The molecule has 5 nitrogen and oxygen atoms in total. The fourth-order valence-electron chi connectivity index (χ4n) is 4.36. The Morgan fingerprint density at radius 2 is 2.14 bits per heavy atom. The number of rotatable bonds is 4. The Kier molecular flexibility index (Phi) is 4.85. The lowest BCUT2D eigenvalue weighted by Gasteiger charge is -2.33. The van der Waals surface area contributed by atoms with Gasteiger partial charge < -0.3 is 20.1 Å². The van der Waals surface area contributed by atoms with E-state index in [0.29, 0.717) is 19.1 Å². The van der Waals surface area contributed by atoms with Crippen LogP contribution in [0.15, 0.2) is 12.7 Å². The van der Waals surface area contributed by atoms with Crippen LogP contribution >= 0.6 is 0 Å². The van der Waals surface area contributed by atoms with E-state index in [1.165, 1.54) is 19.3 Å². The van der Waals surface area contributed by atoms with Gasteiger partial charge in [-0.2, -0.15) is 0 Å². The van der Waals surface area contributed by atoms with E-state index in [0.717, 1.165) is 12.8 Å². The lowest BCUT2D eigenvalue weighted by Crippen LogP contribution is -2.53. The first-order chi connectivity index (χ1) is 10.7. The summed E-state index contributed by atoms with van der Waals surface area (Å²) in [6, 6.07) is -0.405. The molecule has 5 heteroatoms. The number of likely N-dealkylation sites (tertiary alicyclic amines) is 1. The van der Waals surface area contributed by atoms with Crippen molar-refractivity contribution in [3.63, 3.8) is 0 Å². The van der Waals surface area contributed by atoms with E-state index in [1.54, 1.807) is 7.11 Å². The number of fused-ring (bicyclic) bond motifs is 1. The number of hydrogen-bond donors (Lipinski definition) is 1. The molecule has 5 unspecified atom stereocenters. The van der Waals surface area contributed by atoms with Gasteiger partial charge in [-0.05, 0) is 18.8 Å². The molecule has 1 amide bonds. The summed E-state index contributed by atoms with van der Waals surface area (Å²) >= 11 is 0. The highest BCUT2D eigenvalue weighted by atomic mass is 16.6. The highest BCUT2D eigenvalue weighted by Crippen LogP contribution is 2.36. The summed E-state index contributed by atoms with van der Waals surface area (Å²) in [4.78, 5) is 14.9. The number of carbonyl (C=O) groups excluding carboxylic acids is 1. The summed E-state index contributed by atoms with van der Waals surface area (Å²) in [5.74, 6) is 0.567. The topological polar surface area (TPSA) is 64.8 Å². The maximum absolute atomic E-state index is 13.0. The van der Waals surface area contributed by atoms with Gasteiger partial charge in [-0.3, -0.25) is 4.79 Å². The summed E-state index contributed by atoms with van der Waals surface area (Å²) in [6.07, 6.45) is 7.64. The molecule has 0 bridgehead atoms. The largest absolute Gasteiger partial charge is 0.377 e. The van der Waals surface area contributed by atoms with Crippen LogP contribution in [0, 0.1) is 11.8 Å². The van der Waals surface area contributed by atoms with Gasteiger partial charge in [0.05, 0.1) is 24.8 Å². The van der Waals surface area contributed by atoms with E-state index in [1.807, 2.05) is 11.0 Å². The normalized spacial score (nSPS) is 37.1. The summed E-state index contributed by atoms with van der Waals surface area (Å²) in [6.45, 7) is 5.08. The summed E-state index contributed by atoms with van der Waals surface area (Å²) < 4.78 is 11.4. The molecule has 1 aliphatic carbocycles. The molecule has 5 atom stereocenters. The van der Waals surface area contributed by atoms with E-state index in [2.05, 4.69) is 6.58 Å². The summed E-state index contributed by atoms with van der Waals surface area (Å²) in [5.41, 5.74) is 6.33. The third kappa shape index (κ3) is 2.70. The first-order valence-corrected chi connectivity index (χ1v) is 8.50. The van der Waals surface area contributed by atoms with Crippen molar-refractivity contribution >= 4 is 5.91 Å². The molecule has 0 aromatic rings. The molecule has 3 rings (SSSR count). The first-order valence-electron chi connectivity index (χ1n) is 8.50. The number of nitrogens with zero attached hydrogens (tertiary/aromatic N) is 1. The Labute approximate surface area is 132 Å². The molecule has 2 N–H and O–H groups in total. The lowest BCUT2D eigenvalue weighted by molar-refractivity contribution is -0.137. The molecular weight excluding hydrogens is 280 g/mol. The van der Waals surface area contributed by atoms with E-state index in [-0.39, 0.29) is 36.1 Å². The van der Waals surface area contributed by atoms with Crippen molar-refractivity contribution in [3.05, 3.63) is 12.7 Å². The summed E-state index contributed by atoms with van der Waals surface area (Å²) in [7, 11) is 1.68. The number of amides is 1. The average Bonchev–Trinajstić information content (AvgIpc) is 3.14. The van der Waals surface area contributed by atoms with Gasteiger partial charge in [0.1, 0.15) is 6.10 Å². The van der Waals surface area contributed by atoms with Crippen molar-refractivity contribution in [2.45, 2.75) is 56.4 Å². The van der Waals surface area contributed by atoms with Crippen LogP contribution in [0.3, 0.4) is 0 Å². The zero-order valence-corrected chi connectivity index (χ0v) is 13.4. The number of carbonyl (C=O) groups is 1. The molecule has 0 aromatic heterocycles. The van der Waals surface area contributed by atoms with Crippen molar-refractivity contribution < 1.29 is 14.3 Å². The van der Waals surface area contributed by atoms with Crippen molar-refractivity contribution in [3.8, 4) is 0 Å². The van der Waals surface area contributed by atoms with Crippen LogP contribution in [0.1, 0.15) is 32.1 Å². The molecule has 0 spiro atoms. The molecule has 1 saturated carbocycles. The van der Waals surface area contributed by atoms with E-state index in [9.17, 15) is 4.79 Å². The minimum Gasteiger partial charge on any atom is -0.377 e. The third-order valence-corrected chi connectivity index (χ3v) is 5.69. The number of ether oxygens (including phenoxy) is 2. The Bertz CT molecular complexity index is 422. The quantitative estimate of drug-likeness (QED) is 0.796. The standard InChI is InChI=1S/C17H28N2O3/c1-3-11-9-19(15-13(21-2)10-22-16(11)15)17(20)14(18)12-7-5-4-6-8-12/h3,11-16H,1,4-10,18H2,2H3. The highest BCUT2D eigenvalue weighted by molar-refractivity contribution is 5.83. The van der Waals surface area contributed by atoms with Crippen LogP contribution in [0.25, 0.3) is 0 Å². The first kappa shape index (κ1) is 16.0. The molecule has 0 aromatic carbocycles. The summed E-state index contributed by atoms with van der Waals surface area (Å²) in [5, 5.41) is 0. The van der Waals surface area contributed by atoms with Crippen molar-refractivity contribution in [2.24, 2.45) is 17.6 Å². The Morgan fingerprint density at radius 1 is 1.41 bits per heavy atom. The van der Waals surface area contributed by atoms with Gasteiger partial charge in [-0.1, -0.05) is 25.3 Å². The zero-order chi connectivity index (χ0) is 15.7. The molecule has 2 aliphatic heterocycles. The van der Waals surface area contributed by atoms with Crippen molar-refractivity contribution in [1.29, 1.82) is 0 Å². The van der Waals surface area contributed by atoms with Crippen LogP contribution in [-0.2, 0) is 14.3 Å². The Balaban J connectivity index is 1.74. The SMILES string of the molecule is C=CC1CN(C(=O)C(N)C2CCCCC2)C2C(OC)COC12. The van der Waals surface area contributed by atoms with Crippen LogP contribution in [0.5, 0.6) is 0 Å². The molecule has 0 radical (unpaired) electrons. The Morgan fingerprint density at radius 3 is 2.77 bits per heavy atom. The van der Waals surface area contributed by atoms with Crippen LogP contribution in [-0.4, -0.2) is 55.4 Å². The van der Waals surface area contributed by atoms with Gasteiger partial charge in [0, 0.05) is 19.6 Å². The molecule has 3 fully saturated rings. The average molecular weight is 308 g/mol. The number of nitrogens with two attached hydrogens (primary N) is 1. The Hall–Kier alpha value is -0.910. The minimum absolute atomic E-state index is 0.00459. The van der Waals surface area contributed by atoms with Gasteiger partial charge in [0.25, 0.3) is 0 Å². The zero-order valence-electron chi connectivity index (χ0n) is 13.4. The smallest absolute Gasteiger partial charge is 0.240 e. The maximum atomic E-state index is 13.0. The van der Waals surface area contributed by atoms with Gasteiger partial charge in [-0.15, -0.1) is 6.58 Å². The second-order valence-electron chi connectivity index (χ2n) is 6.88. The molecule has 2 saturated heterocycles. The highest BCUT2D eigenvalue weighted by Gasteiger charge is 2.52. The second kappa shape index (κ2) is 6.69. The van der Waals surface area contributed by atoms with E-state index in [4.69, 9.17) is 15.2 Å². The second-order valence-corrected chi connectivity index (χ2v) is 6.88. The fraction of sp³-hybridized carbons (Fsp3) is 0.824. The van der Waals surface area contributed by atoms with Crippen LogP contribution < -0.4 is 5.73 Å². The van der Waals surface area contributed by atoms with Gasteiger partial charge in [0.2, 0.25) is 5.91 Å². The van der Waals surface area contributed by atoms with Crippen LogP contribution in [0.4, 0.5) is 0 Å². The van der Waals surface area contributed by atoms with Gasteiger partial charge in [0.15, 0.2) is 0 Å². The third-order valence-electron chi connectivity index (χ3n) is 5.69. The number of hydrogen-bond acceptors (Lipinski definition) is 4. The lowest BCUT2D eigenvalue weighted by atomic mass is 9.83. The molecule has 2 heterocycles. The van der Waals surface area contributed by atoms with Crippen molar-refractivity contribution in [1.82, 2.24) is 4.90 Å². The van der Waals surface area contributed by atoms with Gasteiger partial charge in [-0.25, -0.2) is 0 Å². The molecule has 3 aliphatic rings. The monoisotopic (exact) mass is 308 g/mol. The predicted molar refractivity (Wildman–Crippen MR) is 84.3 cm³/mol. The maximum Gasteiger partial charge on any atom is 0.240 e. The van der Waals surface area contributed by atoms with Crippen molar-refractivity contribution in [2.75, 3.05) is 20.3 Å². The molecular formula is C17H28N2O3. The van der Waals surface area contributed by atoms with E-state index >= 15 is 0 Å². The molecule has 22 heavy (non-hydrogen) atoms. The molecule has 124 valence electrons. The number of methoxy groups -OCH3 is 1.